The summed E-state index contributed by atoms with van der Waals surface area (Å²) < 4.78 is 10.5. The molecule has 0 fully saturated rings. The van der Waals surface area contributed by atoms with Crippen molar-refractivity contribution in [3.8, 4) is 11.5 Å². The second-order valence-electron chi connectivity index (χ2n) is 5.02. The third-order valence-electron chi connectivity index (χ3n) is 3.11. The summed E-state index contributed by atoms with van der Waals surface area (Å²) in [6.07, 6.45) is 0. The fourth-order valence-electron chi connectivity index (χ4n) is 1.94. The minimum atomic E-state index is -0.596. The molecule has 5 heteroatoms. The molecule has 112 valence electrons. The third-order valence-corrected chi connectivity index (χ3v) is 3.11. The molecule has 2 N–H and O–H groups in total. The highest BCUT2D eigenvalue weighted by Crippen LogP contribution is 2.23. The van der Waals surface area contributed by atoms with E-state index >= 15 is 0 Å². The van der Waals surface area contributed by atoms with Crippen LogP contribution in [0, 0.1) is 0 Å². The van der Waals surface area contributed by atoms with Crippen LogP contribution in [0.2, 0.25) is 0 Å². The monoisotopic (exact) mass is 280 g/mol. The Morgan fingerprint density at radius 1 is 1.25 bits per heavy atom. The Labute approximate surface area is 120 Å². The predicted octanol–water partition coefficient (Wildman–Crippen LogP) is 1.71. The predicted molar refractivity (Wildman–Crippen MR) is 79.1 cm³/mol. The molecule has 5 nitrogen and oxygen atoms in total. The molecule has 0 aliphatic rings. The van der Waals surface area contributed by atoms with Crippen LogP contribution in [0.15, 0.2) is 18.2 Å². The molecule has 0 spiro atoms. The zero-order valence-corrected chi connectivity index (χ0v) is 12.9. The van der Waals surface area contributed by atoms with E-state index in [1.54, 1.807) is 14.2 Å². The number of nitrogens with one attached hydrogen (secondary N) is 2. The van der Waals surface area contributed by atoms with E-state index in [9.17, 15) is 4.79 Å². The van der Waals surface area contributed by atoms with Crippen molar-refractivity contribution in [2.45, 2.75) is 32.9 Å². The summed E-state index contributed by atoms with van der Waals surface area (Å²) in [6, 6.07) is 5.52. The summed E-state index contributed by atoms with van der Waals surface area (Å²) in [7, 11) is 3.22. The molecule has 0 atom stereocenters. The fraction of sp³-hybridized carbons (Fsp3) is 0.533. The zero-order chi connectivity index (χ0) is 15.2. The van der Waals surface area contributed by atoms with Crippen LogP contribution in [0.3, 0.4) is 0 Å². The number of carbonyl (C=O) groups is 1. The van der Waals surface area contributed by atoms with Gasteiger partial charge in [-0.1, -0.05) is 6.92 Å². The smallest absolute Gasteiger partial charge is 0.239 e. The average molecular weight is 280 g/mol. The van der Waals surface area contributed by atoms with Crippen molar-refractivity contribution in [3.63, 3.8) is 0 Å². The van der Waals surface area contributed by atoms with E-state index in [0.717, 1.165) is 23.6 Å². The van der Waals surface area contributed by atoms with Gasteiger partial charge in [-0.25, -0.2) is 0 Å². The molecule has 20 heavy (non-hydrogen) atoms. The average Bonchev–Trinajstić information content (AvgIpc) is 2.44. The number of likely N-dealkylation sites (N-methyl/N-ethyl adjacent to an activating group) is 1. The van der Waals surface area contributed by atoms with Gasteiger partial charge in [0, 0.05) is 12.1 Å². The van der Waals surface area contributed by atoms with Crippen molar-refractivity contribution in [3.05, 3.63) is 23.8 Å². The van der Waals surface area contributed by atoms with Crippen molar-refractivity contribution < 1.29 is 14.3 Å². The van der Waals surface area contributed by atoms with Crippen LogP contribution in [-0.2, 0) is 11.3 Å². The van der Waals surface area contributed by atoms with Gasteiger partial charge in [-0.3, -0.25) is 4.79 Å². The first kappa shape index (κ1) is 16.3. The lowest BCUT2D eigenvalue weighted by atomic mass is 10.0. The van der Waals surface area contributed by atoms with Gasteiger partial charge < -0.3 is 20.1 Å². The SMILES string of the molecule is CCNC(C)(C)C(=O)NCc1cc(OC)ccc1OC. The van der Waals surface area contributed by atoms with Gasteiger partial charge in [0.05, 0.1) is 19.8 Å². The van der Waals surface area contributed by atoms with Crippen molar-refractivity contribution in [2.75, 3.05) is 20.8 Å². The molecule has 0 unspecified atom stereocenters. The molecular formula is C15H24N2O3. The quantitative estimate of drug-likeness (QED) is 0.798. The second kappa shape index (κ2) is 7.14. The topological polar surface area (TPSA) is 59.6 Å². The second-order valence-corrected chi connectivity index (χ2v) is 5.02. The number of amides is 1. The number of rotatable bonds is 7. The minimum absolute atomic E-state index is 0.0516. The Bertz CT molecular complexity index is 458. The summed E-state index contributed by atoms with van der Waals surface area (Å²) in [5.41, 5.74) is 0.286. The summed E-state index contributed by atoms with van der Waals surface area (Å²) in [6.45, 7) is 6.82. The Hall–Kier alpha value is -1.75. The normalized spacial score (nSPS) is 11.1. The standard InChI is InChI=1S/C15H24N2O3/c1-6-17-15(2,3)14(18)16-10-11-9-12(19-4)7-8-13(11)20-5/h7-9,17H,6,10H2,1-5H3,(H,16,18). The van der Waals surface area contributed by atoms with Gasteiger partial charge in [-0.05, 0) is 38.6 Å². The molecular weight excluding hydrogens is 256 g/mol. The van der Waals surface area contributed by atoms with Gasteiger partial charge >= 0.3 is 0 Å². The Morgan fingerprint density at radius 3 is 2.50 bits per heavy atom. The maximum atomic E-state index is 12.1. The Kier molecular flexibility index (Phi) is 5.82. The van der Waals surface area contributed by atoms with Gasteiger partial charge in [0.25, 0.3) is 0 Å². The van der Waals surface area contributed by atoms with Crippen molar-refractivity contribution in [1.82, 2.24) is 10.6 Å². The van der Waals surface area contributed by atoms with Crippen molar-refractivity contribution in [1.29, 1.82) is 0 Å². The molecule has 0 aliphatic heterocycles. The molecule has 1 aromatic carbocycles. The van der Waals surface area contributed by atoms with E-state index in [0.29, 0.717) is 6.54 Å². The lowest BCUT2D eigenvalue weighted by Gasteiger charge is -2.24. The van der Waals surface area contributed by atoms with Crippen LogP contribution in [0.5, 0.6) is 11.5 Å². The van der Waals surface area contributed by atoms with Crippen LogP contribution in [0.25, 0.3) is 0 Å². The highest BCUT2D eigenvalue weighted by atomic mass is 16.5. The third kappa shape index (κ3) is 4.13. The molecule has 0 saturated heterocycles. The number of ether oxygens (including phenoxy) is 2. The molecule has 1 aromatic rings. The minimum Gasteiger partial charge on any atom is -0.497 e. The molecule has 0 aliphatic carbocycles. The van der Waals surface area contributed by atoms with Crippen LogP contribution < -0.4 is 20.1 Å². The van der Waals surface area contributed by atoms with Gasteiger partial charge in [-0.15, -0.1) is 0 Å². The molecule has 1 rings (SSSR count). The van der Waals surface area contributed by atoms with Gasteiger partial charge in [0.2, 0.25) is 5.91 Å². The maximum Gasteiger partial charge on any atom is 0.239 e. The van der Waals surface area contributed by atoms with Crippen LogP contribution >= 0.6 is 0 Å². The summed E-state index contributed by atoms with van der Waals surface area (Å²) in [4.78, 5) is 12.1. The molecule has 0 saturated carbocycles. The van der Waals surface area contributed by atoms with Gasteiger partial charge in [0.1, 0.15) is 11.5 Å². The lowest BCUT2D eigenvalue weighted by molar-refractivity contribution is -0.126. The van der Waals surface area contributed by atoms with E-state index in [2.05, 4.69) is 10.6 Å². The van der Waals surface area contributed by atoms with E-state index < -0.39 is 5.54 Å². The van der Waals surface area contributed by atoms with E-state index in [1.807, 2.05) is 39.0 Å². The number of carbonyl (C=O) groups excluding carboxylic acids is 1. The first-order chi connectivity index (χ1) is 9.44. The highest BCUT2D eigenvalue weighted by Gasteiger charge is 2.25. The van der Waals surface area contributed by atoms with Gasteiger partial charge in [0.15, 0.2) is 0 Å². The highest BCUT2D eigenvalue weighted by molar-refractivity contribution is 5.85. The Morgan fingerprint density at radius 2 is 1.95 bits per heavy atom. The molecule has 0 bridgehead atoms. The zero-order valence-electron chi connectivity index (χ0n) is 12.9. The Balaban J connectivity index is 2.76. The van der Waals surface area contributed by atoms with Crippen molar-refractivity contribution >= 4 is 5.91 Å². The summed E-state index contributed by atoms with van der Waals surface area (Å²) in [5, 5.41) is 6.05. The number of benzene rings is 1. The van der Waals surface area contributed by atoms with E-state index in [4.69, 9.17) is 9.47 Å². The molecule has 1 amide bonds. The van der Waals surface area contributed by atoms with Gasteiger partial charge in [-0.2, -0.15) is 0 Å². The lowest BCUT2D eigenvalue weighted by Crippen LogP contribution is -2.52. The number of hydrogen-bond acceptors (Lipinski definition) is 4. The largest absolute Gasteiger partial charge is 0.497 e. The first-order valence-corrected chi connectivity index (χ1v) is 6.68. The molecule has 0 aromatic heterocycles. The molecule has 0 radical (unpaired) electrons. The van der Waals surface area contributed by atoms with Crippen LogP contribution in [-0.4, -0.2) is 32.2 Å². The number of hydrogen-bond donors (Lipinski definition) is 2. The summed E-state index contributed by atoms with van der Waals surface area (Å²) >= 11 is 0. The van der Waals surface area contributed by atoms with E-state index in [1.165, 1.54) is 0 Å². The first-order valence-electron chi connectivity index (χ1n) is 6.68. The number of methoxy groups -OCH3 is 2. The maximum absolute atomic E-state index is 12.1. The van der Waals surface area contributed by atoms with E-state index in [-0.39, 0.29) is 5.91 Å². The van der Waals surface area contributed by atoms with Crippen molar-refractivity contribution in [2.24, 2.45) is 0 Å². The summed E-state index contributed by atoms with van der Waals surface area (Å²) in [5.74, 6) is 1.41. The van der Waals surface area contributed by atoms with Crippen LogP contribution in [0.4, 0.5) is 0 Å². The van der Waals surface area contributed by atoms with Crippen LogP contribution in [0.1, 0.15) is 26.3 Å². The molecule has 0 heterocycles. The fourth-order valence-corrected chi connectivity index (χ4v) is 1.94.